The van der Waals surface area contributed by atoms with Crippen LogP contribution >= 0.6 is 0 Å². The van der Waals surface area contributed by atoms with Gasteiger partial charge < -0.3 is 14.4 Å². The summed E-state index contributed by atoms with van der Waals surface area (Å²) in [6.07, 6.45) is 2.04. The Bertz CT molecular complexity index is 1380. The molecule has 1 saturated heterocycles. The molecule has 7 heteroatoms. The number of benzene rings is 3. The van der Waals surface area contributed by atoms with Crippen LogP contribution in [-0.4, -0.2) is 50.8 Å². The van der Waals surface area contributed by atoms with E-state index in [1.54, 1.807) is 4.90 Å². The van der Waals surface area contributed by atoms with Crippen molar-refractivity contribution in [2.75, 3.05) is 13.1 Å². The summed E-state index contributed by atoms with van der Waals surface area (Å²) in [7, 11) is 0. The molecule has 1 unspecified atom stereocenters. The zero-order valence-electron chi connectivity index (χ0n) is 22.6. The Kier molecular flexibility index (Phi) is 7.47. The zero-order chi connectivity index (χ0) is 26.7. The Morgan fingerprint density at radius 2 is 1.76 bits per heavy atom. The number of carbonyl (C=O) groups is 1. The summed E-state index contributed by atoms with van der Waals surface area (Å²) < 4.78 is 14.3. The SMILES string of the molecule is CC(c1ccccc1)n1nncc1[C@@H]1CCN(C(=O)OC(C)(C)C)C[C@H]1OCc1ccc2ccccc2c1. The fourth-order valence-corrected chi connectivity index (χ4v) is 5.14. The minimum absolute atomic E-state index is 0.0266. The summed E-state index contributed by atoms with van der Waals surface area (Å²) >= 11 is 0. The molecule has 4 aromatic rings. The lowest BCUT2D eigenvalue weighted by molar-refractivity contribution is -0.0373. The molecule has 1 fully saturated rings. The monoisotopic (exact) mass is 512 g/mol. The van der Waals surface area contributed by atoms with Crippen LogP contribution in [-0.2, 0) is 16.1 Å². The van der Waals surface area contributed by atoms with Crippen LogP contribution in [0.3, 0.4) is 0 Å². The van der Waals surface area contributed by atoms with Crippen LogP contribution in [0.15, 0.2) is 79.0 Å². The third-order valence-corrected chi connectivity index (χ3v) is 7.12. The van der Waals surface area contributed by atoms with E-state index in [2.05, 4.69) is 59.7 Å². The van der Waals surface area contributed by atoms with Gasteiger partial charge in [-0.15, -0.1) is 5.10 Å². The maximum atomic E-state index is 13.0. The van der Waals surface area contributed by atoms with Gasteiger partial charge in [-0.1, -0.05) is 71.9 Å². The summed E-state index contributed by atoms with van der Waals surface area (Å²) in [6.45, 7) is 9.28. The van der Waals surface area contributed by atoms with E-state index in [0.29, 0.717) is 19.7 Å². The van der Waals surface area contributed by atoms with Crippen LogP contribution in [0, 0.1) is 0 Å². The molecule has 3 aromatic carbocycles. The van der Waals surface area contributed by atoms with Crippen molar-refractivity contribution in [3.05, 3.63) is 95.8 Å². The average Bonchev–Trinajstić information content (AvgIpc) is 3.40. The number of amides is 1. The number of nitrogens with zero attached hydrogens (tertiary/aromatic N) is 4. The van der Waals surface area contributed by atoms with Gasteiger partial charge in [0.25, 0.3) is 0 Å². The molecule has 0 saturated carbocycles. The largest absolute Gasteiger partial charge is 0.444 e. The van der Waals surface area contributed by atoms with Crippen molar-refractivity contribution in [3.63, 3.8) is 0 Å². The third kappa shape index (κ3) is 5.89. The lowest BCUT2D eigenvalue weighted by Gasteiger charge is -2.39. The maximum Gasteiger partial charge on any atom is 0.410 e. The van der Waals surface area contributed by atoms with Crippen molar-refractivity contribution in [1.82, 2.24) is 19.9 Å². The molecule has 3 atom stereocenters. The van der Waals surface area contributed by atoms with Crippen molar-refractivity contribution in [2.45, 2.75) is 64.4 Å². The molecule has 1 amide bonds. The maximum absolute atomic E-state index is 13.0. The first kappa shape index (κ1) is 25.9. The molecule has 2 heterocycles. The number of fused-ring (bicyclic) bond motifs is 1. The smallest absolute Gasteiger partial charge is 0.410 e. The van der Waals surface area contributed by atoms with E-state index in [1.165, 1.54) is 16.3 Å². The summed E-state index contributed by atoms with van der Waals surface area (Å²) in [6, 6.07) is 25.0. The molecule has 38 heavy (non-hydrogen) atoms. The number of aromatic nitrogens is 3. The van der Waals surface area contributed by atoms with Crippen LogP contribution in [0.25, 0.3) is 10.8 Å². The van der Waals surface area contributed by atoms with Crippen molar-refractivity contribution < 1.29 is 14.3 Å². The van der Waals surface area contributed by atoms with Gasteiger partial charge in [-0.05, 0) is 62.1 Å². The summed E-state index contributed by atoms with van der Waals surface area (Å²) in [4.78, 5) is 14.7. The molecule has 7 nitrogen and oxygen atoms in total. The van der Waals surface area contributed by atoms with E-state index in [1.807, 2.05) is 62.0 Å². The first-order chi connectivity index (χ1) is 18.3. The number of piperidine rings is 1. The molecule has 0 spiro atoms. The molecule has 0 aliphatic carbocycles. The van der Waals surface area contributed by atoms with E-state index < -0.39 is 5.60 Å². The predicted molar refractivity (Wildman–Crippen MR) is 148 cm³/mol. The van der Waals surface area contributed by atoms with Gasteiger partial charge in [0.2, 0.25) is 0 Å². The van der Waals surface area contributed by atoms with Gasteiger partial charge in [-0.2, -0.15) is 0 Å². The molecule has 1 aromatic heterocycles. The van der Waals surface area contributed by atoms with E-state index >= 15 is 0 Å². The number of hydrogen-bond acceptors (Lipinski definition) is 5. The average molecular weight is 513 g/mol. The first-order valence-electron chi connectivity index (χ1n) is 13.3. The normalized spacial score (nSPS) is 18.9. The van der Waals surface area contributed by atoms with Crippen molar-refractivity contribution in [2.24, 2.45) is 0 Å². The number of likely N-dealkylation sites (tertiary alicyclic amines) is 1. The molecule has 1 aliphatic rings. The molecular weight excluding hydrogens is 476 g/mol. The molecule has 0 bridgehead atoms. The number of ether oxygens (including phenoxy) is 2. The van der Waals surface area contributed by atoms with E-state index in [9.17, 15) is 4.79 Å². The highest BCUT2D eigenvalue weighted by Crippen LogP contribution is 2.33. The van der Waals surface area contributed by atoms with Crippen molar-refractivity contribution in [1.29, 1.82) is 0 Å². The minimum atomic E-state index is -0.553. The molecule has 1 aliphatic heterocycles. The molecule has 0 N–H and O–H groups in total. The molecular formula is C31H36N4O3. The highest BCUT2D eigenvalue weighted by molar-refractivity contribution is 5.82. The van der Waals surface area contributed by atoms with Crippen LogP contribution in [0.5, 0.6) is 0 Å². The van der Waals surface area contributed by atoms with Crippen LogP contribution in [0.2, 0.25) is 0 Å². The summed E-state index contributed by atoms with van der Waals surface area (Å²) in [5.74, 6) is 0.0373. The van der Waals surface area contributed by atoms with Gasteiger partial charge in [0.05, 0.1) is 37.2 Å². The molecule has 0 radical (unpaired) electrons. The summed E-state index contributed by atoms with van der Waals surface area (Å²) in [5, 5.41) is 11.1. The van der Waals surface area contributed by atoms with E-state index in [-0.39, 0.29) is 24.2 Å². The standard InChI is InChI=1S/C31H36N4O3/c1-22(24-10-6-5-7-11-24)35-28(19-32-33-35)27-16-17-34(30(36)38-31(2,3)4)20-29(27)37-21-23-14-15-25-12-8-9-13-26(25)18-23/h5-15,18-19,22,27,29H,16-17,20-21H2,1-4H3/t22?,27-,29+/m0/s1. The Balaban J connectivity index is 1.40. The zero-order valence-corrected chi connectivity index (χ0v) is 22.6. The lowest BCUT2D eigenvalue weighted by atomic mass is 9.90. The van der Waals surface area contributed by atoms with Crippen molar-refractivity contribution >= 4 is 16.9 Å². The van der Waals surface area contributed by atoms with E-state index in [0.717, 1.165) is 17.7 Å². The van der Waals surface area contributed by atoms with Crippen LogP contribution in [0.1, 0.15) is 62.9 Å². The van der Waals surface area contributed by atoms with Gasteiger partial charge in [0, 0.05) is 12.5 Å². The summed E-state index contributed by atoms with van der Waals surface area (Å²) in [5.41, 5.74) is 2.73. The number of rotatable bonds is 6. The minimum Gasteiger partial charge on any atom is -0.444 e. The fourth-order valence-electron chi connectivity index (χ4n) is 5.14. The van der Waals surface area contributed by atoms with Crippen molar-refractivity contribution in [3.8, 4) is 0 Å². The topological polar surface area (TPSA) is 69.5 Å². The van der Waals surface area contributed by atoms with Gasteiger partial charge >= 0.3 is 6.09 Å². The quantitative estimate of drug-likeness (QED) is 0.301. The van der Waals surface area contributed by atoms with Crippen LogP contribution in [0.4, 0.5) is 4.79 Å². The van der Waals surface area contributed by atoms with E-state index in [4.69, 9.17) is 9.47 Å². The van der Waals surface area contributed by atoms with Crippen LogP contribution < -0.4 is 0 Å². The Morgan fingerprint density at radius 3 is 2.53 bits per heavy atom. The third-order valence-electron chi connectivity index (χ3n) is 7.12. The highest BCUT2D eigenvalue weighted by Gasteiger charge is 2.37. The molecule has 5 rings (SSSR count). The second kappa shape index (κ2) is 11.0. The Morgan fingerprint density at radius 1 is 1.03 bits per heavy atom. The second-order valence-corrected chi connectivity index (χ2v) is 11.0. The first-order valence-corrected chi connectivity index (χ1v) is 13.3. The predicted octanol–water partition coefficient (Wildman–Crippen LogP) is 6.35. The van der Waals surface area contributed by atoms with Gasteiger partial charge in [-0.3, -0.25) is 0 Å². The van der Waals surface area contributed by atoms with Gasteiger partial charge in [-0.25, -0.2) is 9.48 Å². The Hall–Kier alpha value is -3.71. The number of hydrogen-bond donors (Lipinski definition) is 0. The number of carbonyl (C=O) groups excluding carboxylic acids is 1. The highest BCUT2D eigenvalue weighted by atomic mass is 16.6. The van der Waals surface area contributed by atoms with Gasteiger partial charge in [0.15, 0.2) is 0 Å². The Labute approximate surface area is 224 Å². The molecule has 198 valence electrons. The fraction of sp³-hybridized carbons (Fsp3) is 0.387. The lowest BCUT2D eigenvalue weighted by Crippen LogP contribution is -2.48. The van der Waals surface area contributed by atoms with Gasteiger partial charge in [0.1, 0.15) is 5.60 Å². The second-order valence-electron chi connectivity index (χ2n) is 11.0.